The van der Waals surface area contributed by atoms with Crippen LogP contribution in [-0.4, -0.2) is 4.98 Å². The van der Waals surface area contributed by atoms with Gasteiger partial charge in [-0.2, -0.15) is 18.4 Å². The van der Waals surface area contributed by atoms with E-state index in [1.165, 1.54) is 23.5 Å². The maximum Gasteiger partial charge on any atom is 0.417 e. The Morgan fingerprint density at radius 2 is 1.85 bits per heavy atom. The van der Waals surface area contributed by atoms with E-state index < -0.39 is 17.2 Å². The van der Waals surface area contributed by atoms with Gasteiger partial charge in [-0.1, -0.05) is 18.2 Å². The van der Waals surface area contributed by atoms with Crippen molar-refractivity contribution in [3.05, 3.63) is 40.2 Å². The van der Waals surface area contributed by atoms with Crippen molar-refractivity contribution in [3.63, 3.8) is 0 Å². The Kier molecular flexibility index (Phi) is 3.57. The van der Waals surface area contributed by atoms with Crippen LogP contribution in [0, 0.1) is 11.3 Å². The second kappa shape index (κ2) is 4.91. The van der Waals surface area contributed by atoms with Crippen molar-refractivity contribution in [3.8, 4) is 17.3 Å². The SMILES string of the molecule is CC(C)(C#N)c1nc(-c2ccccc2C(F)(F)F)cs1. The van der Waals surface area contributed by atoms with Crippen molar-refractivity contribution in [2.24, 2.45) is 0 Å². The molecule has 0 aliphatic heterocycles. The number of thiazole rings is 1. The number of alkyl halides is 3. The number of hydrogen-bond acceptors (Lipinski definition) is 3. The fraction of sp³-hybridized carbons (Fsp3) is 0.286. The van der Waals surface area contributed by atoms with Gasteiger partial charge in [0.05, 0.1) is 17.3 Å². The van der Waals surface area contributed by atoms with Gasteiger partial charge in [-0.05, 0) is 19.9 Å². The molecule has 0 saturated carbocycles. The van der Waals surface area contributed by atoms with E-state index in [1.54, 1.807) is 25.3 Å². The molecule has 0 unspecified atom stereocenters. The lowest BCUT2D eigenvalue weighted by Crippen LogP contribution is -2.13. The van der Waals surface area contributed by atoms with Crippen LogP contribution >= 0.6 is 11.3 Å². The lowest BCUT2D eigenvalue weighted by atomic mass is 9.97. The minimum atomic E-state index is -4.43. The van der Waals surface area contributed by atoms with Gasteiger partial charge in [0.2, 0.25) is 0 Å². The molecule has 1 aromatic heterocycles. The molecule has 2 rings (SSSR count). The van der Waals surface area contributed by atoms with Gasteiger partial charge in [0.25, 0.3) is 0 Å². The highest BCUT2D eigenvalue weighted by Crippen LogP contribution is 2.38. The number of hydrogen-bond donors (Lipinski definition) is 0. The maximum atomic E-state index is 13.0. The predicted octanol–water partition coefficient (Wildman–Crippen LogP) is 4.63. The highest BCUT2D eigenvalue weighted by atomic mass is 32.1. The summed E-state index contributed by atoms with van der Waals surface area (Å²) in [5.41, 5.74) is -1.24. The van der Waals surface area contributed by atoms with Crippen molar-refractivity contribution >= 4 is 11.3 Å². The zero-order valence-electron chi connectivity index (χ0n) is 10.8. The van der Waals surface area contributed by atoms with E-state index in [1.807, 2.05) is 0 Å². The smallest absolute Gasteiger partial charge is 0.240 e. The van der Waals surface area contributed by atoms with Crippen LogP contribution in [0.5, 0.6) is 0 Å². The maximum absolute atomic E-state index is 13.0. The molecular formula is C14H11F3N2S. The third-order valence-corrected chi connectivity index (χ3v) is 3.99. The highest BCUT2D eigenvalue weighted by molar-refractivity contribution is 7.10. The van der Waals surface area contributed by atoms with E-state index in [0.717, 1.165) is 6.07 Å². The van der Waals surface area contributed by atoms with Crippen molar-refractivity contribution in [2.45, 2.75) is 25.4 Å². The molecule has 0 N–H and O–H groups in total. The zero-order valence-corrected chi connectivity index (χ0v) is 11.6. The molecule has 6 heteroatoms. The van der Waals surface area contributed by atoms with Gasteiger partial charge in [0.15, 0.2) is 0 Å². The molecule has 0 saturated heterocycles. The summed E-state index contributed by atoms with van der Waals surface area (Å²) < 4.78 is 38.9. The third kappa shape index (κ3) is 2.68. The van der Waals surface area contributed by atoms with Crippen LogP contribution in [0.1, 0.15) is 24.4 Å². The van der Waals surface area contributed by atoms with Gasteiger partial charge in [-0.3, -0.25) is 0 Å². The molecular weight excluding hydrogens is 285 g/mol. The van der Waals surface area contributed by atoms with Crippen LogP contribution in [0.15, 0.2) is 29.6 Å². The first-order chi connectivity index (χ1) is 9.25. The minimum Gasteiger partial charge on any atom is -0.240 e. The van der Waals surface area contributed by atoms with Crippen LogP contribution in [0.2, 0.25) is 0 Å². The van der Waals surface area contributed by atoms with Crippen LogP contribution in [0.25, 0.3) is 11.3 Å². The molecule has 0 atom stereocenters. The second-order valence-electron chi connectivity index (χ2n) is 4.82. The summed E-state index contributed by atoms with van der Waals surface area (Å²) in [6.07, 6.45) is -4.43. The standard InChI is InChI=1S/C14H11F3N2S/c1-13(2,8-18)12-19-11(7-20-12)9-5-3-4-6-10(9)14(15,16)17/h3-7H,1-2H3. The Bertz CT molecular complexity index is 666. The Balaban J connectivity index is 2.52. The van der Waals surface area contributed by atoms with Gasteiger partial charge in [0.1, 0.15) is 10.4 Å². The van der Waals surface area contributed by atoms with Gasteiger partial charge in [-0.15, -0.1) is 11.3 Å². The molecule has 1 heterocycles. The van der Waals surface area contributed by atoms with E-state index in [-0.39, 0.29) is 11.3 Å². The van der Waals surface area contributed by atoms with Crippen molar-refractivity contribution in [2.75, 3.05) is 0 Å². The van der Waals surface area contributed by atoms with Gasteiger partial charge < -0.3 is 0 Å². The van der Waals surface area contributed by atoms with E-state index in [0.29, 0.717) is 5.01 Å². The largest absolute Gasteiger partial charge is 0.417 e. The first-order valence-corrected chi connectivity index (χ1v) is 6.67. The summed E-state index contributed by atoms with van der Waals surface area (Å²) in [6, 6.07) is 7.40. The first kappa shape index (κ1) is 14.5. The Morgan fingerprint density at radius 3 is 2.45 bits per heavy atom. The fourth-order valence-corrected chi connectivity index (χ4v) is 2.58. The summed E-state index contributed by atoms with van der Waals surface area (Å²) in [6.45, 7) is 3.37. The Morgan fingerprint density at radius 1 is 1.20 bits per heavy atom. The topological polar surface area (TPSA) is 36.7 Å². The molecule has 2 nitrogen and oxygen atoms in total. The summed E-state index contributed by atoms with van der Waals surface area (Å²) >= 11 is 1.19. The molecule has 0 aliphatic rings. The van der Waals surface area contributed by atoms with Crippen LogP contribution in [0.4, 0.5) is 13.2 Å². The number of aromatic nitrogens is 1. The van der Waals surface area contributed by atoms with Gasteiger partial charge >= 0.3 is 6.18 Å². The molecule has 0 radical (unpaired) electrons. The summed E-state index contributed by atoms with van der Waals surface area (Å²) in [7, 11) is 0. The lowest BCUT2D eigenvalue weighted by molar-refractivity contribution is -0.137. The lowest BCUT2D eigenvalue weighted by Gasteiger charge is -2.12. The monoisotopic (exact) mass is 296 g/mol. The first-order valence-electron chi connectivity index (χ1n) is 5.79. The predicted molar refractivity (Wildman–Crippen MR) is 71.2 cm³/mol. The number of nitriles is 1. The number of nitrogens with zero attached hydrogens (tertiary/aromatic N) is 2. The average Bonchev–Trinajstić information content (AvgIpc) is 2.88. The molecule has 1 aromatic carbocycles. The quantitative estimate of drug-likeness (QED) is 0.810. The van der Waals surface area contributed by atoms with Crippen molar-refractivity contribution < 1.29 is 13.2 Å². The zero-order chi connectivity index (χ0) is 15.0. The van der Waals surface area contributed by atoms with Crippen LogP contribution < -0.4 is 0 Å². The summed E-state index contributed by atoms with van der Waals surface area (Å²) in [4.78, 5) is 4.19. The van der Waals surface area contributed by atoms with E-state index in [4.69, 9.17) is 5.26 Å². The highest BCUT2D eigenvalue weighted by Gasteiger charge is 2.34. The molecule has 104 valence electrons. The van der Waals surface area contributed by atoms with Crippen molar-refractivity contribution in [1.29, 1.82) is 5.26 Å². The Labute approximate surface area is 118 Å². The average molecular weight is 296 g/mol. The van der Waals surface area contributed by atoms with E-state index in [2.05, 4.69) is 11.1 Å². The molecule has 0 bridgehead atoms. The molecule has 20 heavy (non-hydrogen) atoms. The van der Waals surface area contributed by atoms with Crippen LogP contribution in [-0.2, 0) is 11.6 Å². The normalized spacial score (nSPS) is 12.2. The fourth-order valence-electron chi connectivity index (χ4n) is 1.69. The molecule has 0 amide bonds. The molecule has 0 aliphatic carbocycles. The number of rotatable bonds is 2. The number of halogens is 3. The number of benzene rings is 1. The molecule has 0 spiro atoms. The van der Waals surface area contributed by atoms with E-state index in [9.17, 15) is 13.2 Å². The van der Waals surface area contributed by atoms with Crippen LogP contribution in [0.3, 0.4) is 0 Å². The Hall–Kier alpha value is -1.87. The molecule has 0 fully saturated rings. The van der Waals surface area contributed by atoms with Gasteiger partial charge in [-0.25, -0.2) is 4.98 Å². The second-order valence-corrected chi connectivity index (χ2v) is 5.68. The molecule has 2 aromatic rings. The summed E-state index contributed by atoms with van der Waals surface area (Å²) in [5, 5.41) is 11.1. The van der Waals surface area contributed by atoms with Crippen molar-refractivity contribution in [1.82, 2.24) is 4.98 Å². The summed E-state index contributed by atoms with van der Waals surface area (Å²) in [5.74, 6) is 0. The third-order valence-electron chi connectivity index (χ3n) is 2.83. The van der Waals surface area contributed by atoms with E-state index >= 15 is 0 Å². The van der Waals surface area contributed by atoms with Gasteiger partial charge in [0, 0.05) is 10.9 Å². The minimum absolute atomic E-state index is 0.0382.